The number of nitrogens with one attached hydrogen (secondary N) is 1. The minimum absolute atomic E-state index is 0.00424. The Morgan fingerprint density at radius 2 is 1.86 bits per heavy atom. The zero-order valence-electron chi connectivity index (χ0n) is 12.9. The molecule has 112 valence electrons. The highest BCUT2D eigenvalue weighted by Gasteiger charge is 2.13. The summed E-state index contributed by atoms with van der Waals surface area (Å²) in [5, 5.41) is 2.86. The van der Waals surface area contributed by atoms with Gasteiger partial charge in [-0.25, -0.2) is 0 Å². The Bertz CT molecular complexity index is 610. The van der Waals surface area contributed by atoms with Gasteiger partial charge in [0.1, 0.15) is 17.3 Å². The summed E-state index contributed by atoms with van der Waals surface area (Å²) in [7, 11) is 0. The SMILES string of the molecule is Cc1ccc(C(C)NC(=O)COc2c(C)cccc2C)o1. The van der Waals surface area contributed by atoms with Crippen LogP contribution in [-0.2, 0) is 4.79 Å². The molecule has 0 radical (unpaired) electrons. The summed E-state index contributed by atoms with van der Waals surface area (Å²) in [6, 6.07) is 9.48. The molecule has 0 bridgehead atoms. The number of amides is 1. The van der Waals surface area contributed by atoms with Crippen molar-refractivity contribution in [3.8, 4) is 5.75 Å². The van der Waals surface area contributed by atoms with Crippen molar-refractivity contribution in [2.45, 2.75) is 33.7 Å². The molecule has 1 N–H and O–H groups in total. The fraction of sp³-hybridized carbons (Fsp3) is 0.353. The van der Waals surface area contributed by atoms with E-state index in [1.807, 2.05) is 58.0 Å². The van der Waals surface area contributed by atoms with Crippen molar-refractivity contribution in [1.82, 2.24) is 5.32 Å². The number of carbonyl (C=O) groups excluding carboxylic acids is 1. The average Bonchev–Trinajstić information content (AvgIpc) is 2.85. The van der Waals surface area contributed by atoms with E-state index in [-0.39, 0.29) is 18.6 Å². The molecule has 1 unspecified atom stereocenters. The van der Waals surface area contributed by atoms with Gasteiger partial charge in [0.25, 0.3) is 5.91 Å². The Balaban J connectivity index is 1.90. The summed E-state index contributed by atoms with van der Waals surface area (Å²) < 4.78 is 11.1. The van der Waals surface area contributed by atoms with Crippen molar-refractivity contribution in [1.29, 1.82) is 0 Å². The lowest BCUT2D eigenvalue weighted by Gasteiger charge is -2.14. The number of para-hydroxylation sites is 1. The summed E-state index contributed by atoms with van der Waals surface area (Å²) in [4.78, 5) is 12.0. The van der Waals surface area contributed by atoms with E-state index in [9.17, 15) is 4.79 Å². The molecule has 0 aliphatic carbocycles. The molecule has 0 aliphatic heterocycles. The number of ether oxygens (including phenoxy) is 1. The van der Waals surface area contributed by atoms with Gasteiger partial charge < -0.3 is 14.5 Å². The fourth-order valence-corrected chi connectivity index (χ4v) is 2.20. The molecular formula is C17H21NO3. The Morgan fingerprint density at radius 1 is 1.19 bits per heavy atom. The number of benzene rings is 1. The zero-order valence-corrected chi connectivity index (χ0v) is 12.9. The van der Waals surface area contributed by atoms with E-state index < -0.39 is 0 Å². The van der Waals surface area contributed by atoms with E-state index >= 15 is 0 Å². The first-order valence-electron chi connectivity index (χ1n) is 7.02. The van der Waals surface area contributed by atoms with Crippen molar-refractivity contribution in [2.75, 3.05) is 6.61 Å². The lowest BCUT2D eigenvalue weighted by molar-refractivity contribution is -0.123. The van der Waals surface area contributed by atoms with E-state index in [1.165, 1.54) is 0 Å². The highest BCUT2D eigenvalue weighted by atomic mass is 16.5. The molecule has 2 aromatic rings. The molecule has 0 fully saturated rings. The number of rotatable bonds is 5. The highest BCUT2D eigenvalue weighted by Crippen LogP contribution is 2.22. The van der Waals surface area contributed by atoms with E-state index in [1.54, 1.807) is 0 Å². The van der Waals surface area contributed by atoms with Gasteiger partial charge in [0, 0.05) is 0 Å². The Morgan fingerprint density at radius 3 is 2.43 bits per heavy atom. The molecule has 1 aromatic heterocycles. The molecule has 0 aliphatic rings. The molecule has 4 nitrogen and oxygen atoms in total. The standard InChI is InChI=1S/C17H21NO3/c1-11-6-5-7-12(2)17(11)20-10-16(19)18-14(4)15-9-8-13(3)21-15/h5-9,14H,10H2,1-4H3,(H,18,19). The molecule has 1 heterocycles. The van der Waals surface area contributed by atoms with E-state index in [0.29, 0.717) is 0 Å². The number of hydrogen-bond donors (Lipinski definition) is 1. The summed E-state index contributed by atoms with van der Waals surface area (Å²) in [6.07, 6.45) is 0. The first-order chi connectivity index (χ1) is 9.97. The third kappa shape index (κ3) is 3.88. The maximum absolute atomic E-state index is 12.0. The molecule has 0 saturated carbocycles. The van der Waals surface area contributed by atoms with Crippen LogP contribution in [0.15, 0.2) is 34.7 Å². The molecule has 1 atom stereocenters. The molecule has 0 saturated heterocycles. The predicted molar refractivity (Wildman–Crippen MR) is 81.4 cm³/mol. The Kier molecular flexibility index (Phi) is 4.68. The summed E-state index contributed by atoms with van der Waals surface area (Å²) >= 11 is 0. The molecule has 4 heteroatoms. The van der Waals surface area contributed by atoms with Gasteiger partial charge in [-0.15, -0.1) is 0 Å². The van der Waals surface area contributed by atoms with Crippen LogP contribution < -0.4 is 10.1 Å². The number of furan rings is 1. The van der Waals surface area contributed by atoms with Crippen LogP contribution in [0.1, 0.15) is 35.6 Å². The maximum Gasteiger partial charge on any atom is 0.258 e. The molecule has 21 heavy (non-hydrogen) atoms. The topological polar surface area (TPSA) is 51.5 Å². The van der Waals surface area contributed by atoms with Crippen LogP contribution in [0, 0.1) is 20.8 Å². The first-order valence-corrected chi connectivity index (χ1v) is 7.02. The second-order valence-electron chi connectivity index (χ2n) is 5.25. The number of carbonyl (C=O) groups is 1. The van der Waals surface area contributed by atoms with Crippen LogP contribution in [0.3, 0.4) is 0 Å². The minimum atomic E-state index is -0.173. The lowest BCUT2D eigenvalue weighted by atomic mass is 10.1. The second-order valence-corrected chi connectivity index (χ2v) is 5.25. The van der Waals surface area contributed by atoms with Crippen LogP contribution in [-0.4, -0.2) is 12.5 Å². The van der Waals surface area contributed by atoms with Crippen LogP contribution in [0.4, 0.5) is 0 Å². The normalized spacial score (nSPS) is 12.0. The quantitative estimate of drug-likeness (QED) is 0.916. The third-order valence-corrected chi connectivity index (χ3v) is 3.32. The van der Waals surface area contributed by atoms with Gasteiger partial charge in [0.15, 0.2) is 6.61 Å². The first kappa shape index (κ1) is 15.2. The predicted octanol–water partition coefficient (Wildman–Crippen LogP) is 3.46. The Hall–Kier alpha value is -2.23. The second kappa shape index (κ2) is 6.48. The fourth-order valence-electron chi connectivity index (χ4n) is 2.20. The molecule has 1 amide bonds. The van der Waals surface area contributed by atoms with Crippen molar-refractivity contribution in [3.05, 3.63) is 53.0 Å². The number of aryl methyl sites for hydroxylation is 3. The largest absolute Gasteiger partial charge is 0.483 e. The van der Waals surface area contributed by atoms with Crippen LogP contribution >= 0.6 is 0 Å². The highest BCUT2D eigenvalue weighted by molar-refractivity contribution is 5.78. The van der Waals surface area contributed by atoms with Crippen molar-refractivity contribution < 1.29 is 13.9 Å². The maximum atomic E-state index is 12.0. The average molecular weight is 287 g/mol. The molecule has 0 spiro atoms. The van der Waals surface area contributed by atoms with Crippen LogP contribution in [0.5, 0.6) is 5.75 Å². The van der Waals surface area contributed by atoms with Crippen LogP contribution in [0.25, 0.3) is 0 Å². The Labute approximate surface area is 125 Å². The van der Waals surface area contributed by atoms with Crippen molar-refractivity contribution >= 4 is 5.91 Å². The van der Waals surface area contributed by atoms with Gasteiger partial charge >= 0.3 is 0 Å². The number of hydrogen-bond acceptors (Lipinski definition) is 3. The third-order valence-electron chi connectivity index (χ3n) is 3.32. The van der Waals surface area contributed by atoms with Gasteiger partial charge in [-0.05, 0) is 51.0 Å². The molecule has 2 rings (SSSR count). The molecular weight excluding hydrogens is 266 g/mol. The lowest BCUT2D eigenvalue weighted by Crippen LogP contribution is -2.31. The monoisotopic (exact) mass is 287 g/mol. The van der Waals surface area contributed by atoms with Crippen molar-refractivity contribution in [2.24, 2.45) is 0 Å². The summed E-state index contributed by atoms with van der Waals surface area (Å²) in [5.41, 5.74) is 2.05. The van der Waals surface area contributed by atoms with Gasteiger partial charge in [-0.3, -0.25) is 4.79 Å². The zero-order chi connectivity index (χ0) is 15.4. The molecule has 1 aromatic carbocycles. The van der Waals surface area contributed by atoms with Crippen molar-refractivity contribution in [3.63, 3.8) is 0 Å². The van der Waals surface area contributed by atoms with E-state index in [0.717, 1.165) is 28.4 Å². The van der Waals surface area contributed by atoms with Gasteiger partial charge in [-0.2, -0.15) is 0 Å². The minimum Gasteiger partial charge on any atom is -0.483 e. The van der Waals surface area contributed by atoms with Gasteiger partial charge in [-0.1, -0.05) is 18.2 Å². The van der Waals surface area contributed by atoms with Gasteiger partial charge in [0.05, 0.1) is 6.04 Å². The van der Waals surface area contributed by atoms with Crippen LogP contribution in [0.2, 0.25) is 0 Å². The smallest absolute Gasteiger partial charge is 0.258 e. The summed E-state index contributed by atoms with van der Waals surface area (Å²) in [5.74, 6) is 2.18. The van der Waals surface area contributed by atoms with Gasteiger partial charge in [0.2, 0.25) is 0 Å². The summed E-state index contributed by atoms with van der Waals surface area (Å²) in [6.45, 7) is 7.69. The van der Waals surface area contributed by atoms with E-state index in [2.05, 4.69) is 5.32 Å². The van der Waals surface area contributed by atoms with E-state index in [4.69, 9.17) is 9.15 Å².